The second-order valence-electron chi connectivity index (χ2n) is 4.53. The van der Waals surface area contributed by atoms with Gasteiger partial charge in [-0.1, -0.05) is 17.7 Å². The third kappa shape index (κ3) is 4.50. The lowest BCUT2D eigenvalue weighted by molar-refractivity contribution is -0.115. The molecule has 3 nitrogen and oxygen atoms in total. The third-order valence-electron chi connectivity index (χ3n) is 2.72. The topological polar surface area (TPSA) is 41.1 Å². The van der Waals surface area contributed by atoms with Gasteiger partial charge in [-0.2, -0.15) is 0 Å². The molecule has 1 amide bonds. The minimum atomic E-state index is -0.0165. The van der Waals surface area contributed by atoms with Gasteiger partial charge in [0.15, 0.2) is 0 Å². The zero-order valence-corrected chi connectivity index (χ0v) is 12.0. The van der Waals surface area contributed by atoms with E-state index < -0.39 is 0 Å². The van der Waals surface area contributed by atoms with E-state index in [2.05, 4.69) is 29.7 Å². The van der Waals surface area contributed by atoms with Crippen molar-refractivity contribution in [2.24, 2.45) is 0 Å². The van der Waals surface area contributed by atoms with Crippen LogP contribution in [-0.2, 0) is 11.3 Å². The van der Waals surface area contributed by atoms with E-state index in [9.17, 15) is 4.79 Å². The molecule has 0 unspecified atom stereocenters. The summed E-state index contributed by atoms with van der Waals surface area (Å²) in [4.78, 5) is 14.3. The fourth-order valence-electron chi connectivity index (χ4n) is 1.72. The Hall–Kier alpha value is -1.65. The van der Waals surface area contributed by atoms with E-state index in [1.54, 1.807) is 11.3 Å². The van der Waals surface area contributed by atoms with Gasteiger partial charge in [0, 0.05) is 22.0 Å². The Morgan fingerprint density at radius 1 is 1.11 bits per heavy atom. The highest BCUT2D eigenvalue weighted by Crippen LogP contribution is 2.14. The monoisotopic (exact) mass is 274 g/mol. The van der Waals surface area contributed by atoms with Gasteiger partial charge in [0.1, 0.15) is 0 Å². The number of rotatable bonds is 5. The summed E-state index contributed by atoms with van der Waals surface area (Å²) in [6, 6.07) is 12.0. The molecular weight excluding hydrogens is 256 g/mol. The van der Waals surface area contributed by atoms with Crippen LogP contribution in [-0.4, -0.2) is 12.5 Å². The van der Waals surface area contributed by atoms with E-state index in [0.717, 1.165) is 12.2 Å². The van der Waals surface area contributed by atoms with Crippen molar-refractivity contribution in [3.05, 3.63) is 51.7 Å². The first kappa shape index (κ1) is 13.8. The van der Waals surface area contributed by atoms with E-state index in [0.29, 0.717) is 6.54 Å². The molecular formula is C15H18N2OS. The fraction of sp³-hybridized carbons (Fsp3) is 0.267. The zero-order chi connectivity index (χ0) is 13.7. The molecule has 0 saturated heterocycles. The SMILES string of the molecule is Cc1ccc(NC(=O)CNCc2ccc(C)s2)cc1. The second kappa shape index (κ2) is 6.50. The predicted molar refractivity (Wildman–Crippen MR) is 80.6 cm³/mol. The van der Waals surface area contributed by atoms with Gasteiger partial charge in [-0.05, 0) is 38.1 Å². The van der Waals surface area contributed by atoms with Gasteiger partial charge in [0.25, 0.3) is 0 Å². The minimum Gasteiger partial charge on any atom is -0.325 e. The fourth-order valence-corrected chi connectivity index (χ4v) is 2.58. The summed E-state index contributed by atoms with van der Waals surface area (Å²) in [6.45, 7) is 5.17. The summed E-state index contributed by atoms with van der Waals surface area (Å²) in [5, 5.41) is 6.01. The largest absolute Gasteiger partial charge is 0.325 e. The highest BCUT2D eigenvalue weighted by atomic mass is 32.1. The molecule has 2 aromatic rings. The Morgan fingerprint density at radius 2 is 1.84 bits per heavy atom. The molecule has 100 valence electrons. The van der Waals surface area contributed by atoms with Crippen molar-refractivity contribution in [3.63, 3.8) is 0 Å². The number of carbonyl (C=O) groups excluding carboxylic acids is 1. The number of anilines is 1. The van der Waals surface area contributed by atoms with Gasteiger partial charge in [-0.3, -0.25) is 4.79 Å². The van der Waals surface area contributed by atoms with E-state index in [4.69, 9.17) is 0 Å². The smallest absolute Gasteiger partial charge is 0.238 e. The first-order valence-corrected chi connectivity index (χ1v) is 7.08. The van der Waals surface area contributed by atoms with Gasteiger partial charge in [-0.25, -0.2) is 0 Å². The molecule has 0 radical (unpaired) electrons. The number of nitrogens with one attached hydrogen (secondary N) is 2. The Balaban J connectivity index is 1.74. The third-order valence-corrected chi connectivity index (χ3v) is 3.72. The molecule has 1 aromatic heterocycles. The molecule has 1 aromatic carbocycles. The lowest BCUT2D eigenvalue weighted by Crippen LogP contribution is -2.27. The van der Waals surface area contributed by atoms with Crippen molar-refractivity contribution in [3.8, 4) is 0 Å². The van der Waals surface area contributed by atoms with Crippen molar-refractivity contribution in [1.29, 1.82) is 0 Å². The van der Waals surface area contributed by atoms with Crippen molar-refractivity contribution in [2.75, 3.05) is 11.9 Å². The number of aryl methyl sites for hydroxylation is 2. The minimum absolute atomic E-state index is 0.0165. The lowest BCUT2D eigenvalue weighted by Gasteiger charge is -2.06. The molecule has 0 aliphatic carbocycles. The average molecular weight is 274 g/mol. The number of benzene rings is 1. The van der Waals surface area contributed by atoms with Gasteiger partial charge in [0.05, 0.1) is 6.54 Å². The van der Waals surface area contributed by atoms with Crippen LogP contribution >= 0.6 is 11.3 Å². The lowest BCUT2D eigenvalue weighted by atomic mass is 10.2. The molecule has 2 rings (SSSR count). The van der Waals surface area contributed by atoms with Gasteiger partial charge >= 0.3 is 0 Å². The molecule has 19 heavy (non-hydrogen) atoms. The maximum absolute atomic E-state index is 11.7. The first-order valence-electron chi connectivity index (χ1n) is 6.26. The maximum atomic E-state index is 11.7. The van der Waals surface area contributed by atoms with Crippen LogP contribution in [0.15, 0.2) is 36.4 Å². The Bertz CT molecular complexity index is 546. The molecule has 0 bridgehead atoms. The Morgan fingerprint density at radius 3 is 2.47 bits per heavy atom. The van der Waals surface area contributed by atoms with E-state index in [1.165, 1.54) is 15.3 Å². The Labute approximate surface area is 117 Å². The van der Waals surface area contributed by atoms with Crippen molar-refractivity contribution in [1.82, 2.24) is 5.32 Å². The normalized spacial score (nSPS) is 10.4. The van der Waals surface area contributed by atoms with Crippen LogP contribution in [0.2, 0.25) is 0 Å². The zero-order valence-electron chi connectivity index (χ0n) is 11.2. The highest BCUT2D eigenvalue weighted by Gasteiger charge is 2.02. The number of thiophene rings is 1. The Kier molecular flexibility index (Phi) is 4.71. The highest BCUT2D eigenvalue weighted by molar-refractivity contribution is 7.11. The summed E-state index contributed by atoms with van der Waals surface area (Å²) >= 11 is 1.75. The van der Waals surface area contributed by atoms with Crippen LogP contribution < -0.4 is 10.6 Å². The standard InChI is InChI=1S/C15H18N2OS/c1-11-3-6-13(7-4-11)17-15(18)10-16-9-14-8-5-12(2)19-14/h3-8,16H,9-10H2,1-2H3,(H,17,18). The van der Waals surface area contributed by atoms with Crippen molar-refractivity contribution in [2.45, 2.75) is 20.4 Å². The first-order chi connectivity index (χ1) is 9.13. The second-order valence-corrected chi connectivity index (χ2v) is 5.90. The molecule has 0 saturated carbocycles. The number of carbonyl (C=O) groups is 1. The molecule has 0 aliphatic heterocycles. The maximum Gasteiger partial charge on any atom is 0.238 e. The predicted octanol–water partition coefficient (Wildman–Crippen LogP) is 3.09. The van der Waals surface area contributed by atoms with Gasteiger partial charge in [-0.15, -0.1) is 11.3 Å². The molecule has 4 heteroatoms. The number of hydrogen-bond acceptors (Lipinski definition) is 3. The summed E-state index contributed by atoms with van der Waals surface area (Å²) in [6.07, 6.45) is 0. The molecule has 1 heterocycles. The molecule has 0 aliphatic rings. The summed E-state index contributed by atoms with van der Waals surface area (Å²) < 4.78 is 0. The molecule has 0 spiro atoms. The molecule has 2 N–H and O–H groups in total. The van der Waals surface area contributed by atoms with Crippen LogP contribution in [0.5, 0.6) is 0 Å². The van der Waals surface area contributed by atoms with Crippen LogP contribution in [0.25, 0.3) is 0 Å². The summed E-state index contributed by atoms with van der Waals surface area (Å²) in [5.74, 6) is -0.0165. The van der Waals surface area contributed by atoms with Crippen molar-refractivity contribution < 1.29 is 4.79 Å². The van der Waals surface area contributed by atoms with E-state index >= 15 is 0 Å². The average Bonchev–Trinajstić information content (AvgIpc) is 2.78. The molecule has 0 fully saturated rings. The summed E-state index contributed by atoms with van der Waals surface area (Å²) in [5.41, 5.74) is 2.02. The van der Waals surface area contributed by atoms with Crippen molar-refractivity contribution >= 4 is 22.9 Å². The number of amides is 1. The van der Waals surface area contributed by atoms with Crippen LogP contribution in [0.3, 0.4) is 0 Å². The van der Waals surface area contributed by atoms with Gasteiger partial charge < -0.3 is 10.6 Å². The van der Waals surface area contributed by atoms with Crippen LogP contribution in [0.1, 0.15) is 15.3 Å². The van der Waals surface area contributed by atoms with Gasteiger partial charge in [0.2, 0.25) is 5.91 Å². The quantitative estimate of drug-likeness (QED) is 0.879. The van der Waals surface area contributed by atoms with E-state index in [-0.39, 0.29) is 5.91 Å². The van der Waals surface area contributed by atoms with Crippen LogP contribution in [0.4, 0.5) is 5.69 Å². The van der Waals surface area contributed by atoms with Crippen LogP contribution in [0, 0.1) is 13.8 Å². The summed E-state index contributed by atoms with van der Waals surface area (Å²) in [7, 11) is 0. The molecule has 0 atom stereocenters. The number of hydrogen-bond donors (Lipinski definition) is 2. The van der Waals surface area contributed by atoms with E-state index in [1.807, 2.05) is 31.2 Å².